The van der Waals surface area contributed by atoms with E-state index in [9.17, 15) is 0 Å². The molecule has 0 spiro atoms. The summed E-state index contributed by atoms with van der Waals surface area (Å²) in [5.41, 5.74) is 1.21. The van der Waals surface area contributed by atoms with Gasteiger partial charge in [-0.05, 0) is 55.4 Å². The number of rotatable bonds is 3. The molecule has 3 aliphatic carbocycles. The van der Waals surface area contributed by atoms with E-state index >= 15 is 0 Å². The lowest BCUT2D eigenvalue weighted by molar-refractivity contribution is 0.0577. The Morgan fingerprint density at radius 2 is 1.75 bits per heavy atom. The fraction of sp³-hybridized carbons (Fsp3) is 0.765. The first-order valence-electron chi connectivity index (χ1n) is 8.36. The predicted molar refractivity (Wildman–Crippen MR) is 79.1 cm³/mol. The van der Waals surface area contributed by atoms with Gasteiger partial charge in [-0.15, -0.1) is 0 Å². The molecule has 4 fully saturated rings. The lowest BCUT2D eigenvalue weighted by Gasteiger charge is -2.45. The summed E-state index contributed by atoms with van der Waals surface area (Å²) < 4.78 is 0. The topological polar surface area (TPSA) is 29.0 Å². The van der Waals surface area contributed by atoms with E-state index in [0.29, 0.717) is 0 Å². The fourth-order valence-corrected chi connectivity index (χ4v) is 5.00. The van der Waals surface area contributed by atoms with E-state index in [1.54, 1.807) is 0 Å². The van der Waals surface area contributed by atoms with Crippen molar-refractivity contribution in [2.45, 2.75) is 45.6 Å². The van der Waals surface area contributed by atoms with Gasteiger partial charge in [0.15, 0.2) is 0 Å². The van der Waals surface area contributed by atoms with E-state index in [4.69, 9.17) is 0 Å². The Labute approximate surface area is 121 Å². The highest BCUT2D eigenvalue weighted by molar-refractivity contribution is 5.05. The molecule has 108 valence electrons. The average Bonchev–Trinajstić information content (AvgIpc) is 2.94. The molecule has 3 nitrogen and oxygen atoms in total. The molecule has 1 aromatic rings. The van der Waals surface area contributed by atoms with Crippen LogP contribution < -0.4 is 0 Å². The van der Waals surface area contributed by atoms with Crippen molar-refractivity contribution >= 4 is 0 Å². The Morgan fingerprint density at radius 3 is 2.35 bits per heavy atom. The quantitative estimate of drug-likeness (QED) is 0.846. The van der Waals surface area contributed by atoms with Crippen molar-refractivity contribution in [3.05, 3.63) is 23.8 Å². The van der Waals surface area contributed by atoms with Gasteiger partial charge < -0.3 is 0 Å². The summed E-state index contributed by atoms with van der Waals surface area (Å²) in [7, 11) is 0. The highest BCUT2D eigenvalue weighted by Crippen LogP contribution is 2.51. The van der Waals surface area contributed by atoms with Crippen molar-refractivity contribution in [1.82, 2.24) is 14.9 Å². The number of nitrogens with zero attached hydrogens (tertiary/aromatic N) is 3. The molecule has 3 saturated carbocycles. The number of hydrogen-bond donors (Lipinski definition) is 0. The van der Waals surface area contributed by atoms with Gasteiger partial charge in [0.25, 0.3) is 0 Å². The maximum Gasteiger partial charge on any atom is 0.128 e. The first-order chi connectivity index (χ1) is 9.83. The van der Waals surface area contributed by atoms with Gasteiger partial charge in [-0.25, -0.2) is 9.97 Å². The van der Waals surface area contributed by atoms with Gasteiger partial charge in [-0.3, -0.25) is 4.90 Å². The third-order valence-corrected chi connectivity index (χ3v) is 5.98. The molecule has 0 unspecified atom stereocenters. The molecule has 2 heterocycles. The molecule has 0 radical (unpaired) electrons. The normalized spacial score (nSPS) is 36.2. The summed E-state index contributed by atoms with van der Waals surface area (Å²) in [5, 5.41) is 0. The molecule has 5 rings (SSSR count). The molecule has 4 aliphatic rings. The number of aryl methyl sites for hydroxylation is 1. The van der Waals surface area contributed by atoms with E-state index in [1.807, 2.05) is 6.20 Å². The highest BCUT2D eigenvalue weighted by atomic mass is 15.2. The summed E-state index contributed by atoms with van der Waals surface area (Å²) in [5.74, 6) is 5.04. The van der Waals surface area contributed by atoms with Gasteiger partial charge in [-0.2, -0.15) is 0 Å². The van der Waals surface area contributed by atoms with Gasteiger partial charge in [-0.1, -0.05) is 6.92 Å². The number of fused-ring (bicyclic) bond motifs is 2. The highest BCUT2D eigenvalue weighted by Gasteiger charge is 2.47. The van der Waals surface area contributed by atoms with Crippen molar-refractivity contribution in [1.29, 1.82) is 0 Å². The average molecular weight is 271 g/mol. The second-order valence-corrected chi connectivity index (χ2v) is 7.01. The van der Waals surface area contributed by atoms with E-state index in [-0.39, 0.29) is 0 Å². The predicted octanol–water partition coefficient (Wildman–Crippen LogP) is 2.91. The summed E-state index contributed by atoms with van der Waals surface area (Å²) in [4.78, 5) is 11.6. The van der Waals surface area contributed by atoms with Crippen molar-refractivity contribution < 1.29 is 0 Å². The molecule has 1 aliphatic heterocycles. The minimum Gasteiger partial charge on any atom is -0.297 e. The van der Waals surface area contributed by atoms with Crippen molar-refractivity contribution in [3.63, 3.8) is 0 Å². The van der Waals surface area contributed by atoms with Gasteiger partial charge in [0.1, 0.15) is 5.82 Å². The van der Waals surface area contributed by atoms with Crippen molar-refractivity contribution in [2.24, 2.45) is 23.7 Å². The van der Waals surface area contributed by atoms with Crippen molar-refractivity contribution in [2.75, 3.05) is 13.1 Å². The molecular formula is C17H25N3. The standard InChI is InChI=1S/C17H25N3/c1-2-17-18-8-7-14(19-17)9-20-10-15-12-3-4-13(6-5-12)16(15)11-20/h7-8,12-13,15-16H,2-6,9-11H2,1H3/t12?,13?,15-,16+. The van der Waals surface area contributed by atoms with Crippen LogP contribution in [-0.4, -0.2) is 28.0 Å². The van der Waals surface area contributed by atoms with Crippen LogP contribution in [0.1, 0.15) is 44.1 Å². The van der Waals surface area contributed by atoms with Crippen LogP contribution in [0.3, 0.4) is 0 Å². The molecule has 1 saturated heterocycles. The molecule has 3 heteroatoms. The van der Waals surface area contributed by atoms with Crippen LogP contribution in [0.5, 0.6) is 0 Å². The minimum atomic E-state index is 0.934. The van der Waals surface area contributed by atoms with Gasteiger partial charge >= 0.3 is 0 Å². The summed E-state index contributed by atoms with van der Waals surface area (Å²) in [6, 6.07) is 2.09. The zero-order valence-corrected chi connectivity index (χ0v) is 12.5. The lowest BCUT2D eigenvalue weighted by Crippen LogP contribution is -2.38. The summed E-state index contributed by atoms with van der Waals surface area (Å²) in [6.45, 7) is 5.79. The van der Waals surface area contributed by atoms with Crippen LogP contribution in [0.2, 0.25) is 0 Å². The first-order valence-corrected chi connectivity index (χ1v) is 8.36. The van der Waals surface area contributed by atoms with Gasteiger partial charge in [0.05, 0.1) is 5.69 Å². The molecule has 0 aromatic carbocycles. The number of aromatic nitrogens is 2. The molecular weight excluding hydrogens is 246 g/mol. The van der Waals surface area contributed by atoms with E-state index in [0.717, 1.165) is 42.5 Å². The second-order valence-electron chi connectivity index (χ2n) is 7.01. The lowest BCUT2D eigenvalue weighted by atomic mass is 9.60. The zero-order chi connectivity index (χ0) is 13.5. The monoisotopic (exact) mass is 271 g/mol. The van der Waals surface area contributed by atoms with E-state index < -0.39 is 0 Å². The number of likely N-dealkylation sites (tertiary alicyclic amines) is 1. The fourth-order valence-electron chi connectivity index (χ4n) is 5.00. The largest absolute Gasteiger partial charge is 0.297 e. The van der Waals surface area contributed by atoms with E-state index in [1.165, 1.54) is 44.5 Å². The first kappa shape index (κ1) is 12.8. The molecule has 2 atom stereocenters. The van der Waals surface area contributed by atoms with Crippen LogP contribution in [0.4, 0.5) is 0 Å². The summed E-state index contributed by atoms with van der Waals surface area (Å²) >= 11 is 0. The SMILES string of the molecule is CCc1nccc(CN2C[C@@H]3C4CCC(CC4)[C@@H]3C2)n1. The maximum atomic E-state index is 4.67. The Balaban J connectivity index is 1.46. The molecule has 2 bridgehead atoms. The zero-order valence-electron chi connectivity index (χ0n) is 12.5. The van der Waals surface area contributed by atoms with E-state index in [2.05, 4.69) is 27.9 Å². The van der Waals surface area contributed by atoms with Gasteiger partial charge in [0, 0.05) is 32.3 Å². The van der Waals surface area contributed by atoms with Gasteiger partial charge in [0.2, 0.25) is 0 Å². The van der Waals surface area contributed by atoms with Crippen LogP contribution in [-0.2, 0) is 13.0 Å². The molecule has 0 N–H and O–H groups in total. The Hall–Kier alpha value is -0.960. The molecule has 20 heavy (non-hydrogen) atoms. The minimum absolute atomic E-state index is 0.934. The number of hydrogen-bond acceptors (Lipinski definition) is 3. The Bertz CT molecular complexity index is 459. The van der Waals surface area contributed by atoms with Crippen LogP contribution in [0.15, 0.2) is 12.3 Å². The molecule has 0 amide bonds. The van der Waals surface area contributed by atoms with Crippen LogP contribution in [0.25, 0.3) is 0 Å². The van der Waals surface area contributed by atoms with Crippen LogP contribution in [0, 0.1) is 23.7 Å². The smallest absolute Gasteiger partial charge is 0.128 e. The second kappa shape index (κ2) is 5.10. The molecule has 1 aromatic heterocycles. The maximum absolute atomic E-state index is 4.67. The Kier molecular flexibility index (Phi) is 3.25. The third kappa shape index (κ3) is 2.16. The van der Waals surface area contributed by atoms with Crippen LogP contribution >= 0.6 is 0 Å². The third-order valence-electron chi connectivity index (χ3n) is 5.98. The summed E-state index contributed by atoms with van der Waals surface area (Å²) in [6.07, 6.45) is 8.89. The Morgan fingerprint density at radius 1 is 1.10 bits per heavy atom. The van der Waals surface area contributed by atoms with Crippen molar-refractivity contribution in [3.8, 4) is 0 Å².